The van der Waals surface area contributed by atoms with Gasteiger partial charge in [0, 0.05) is 25.7 Å². The Kier molecular flexibility index (Phi) is 8.67. The molecule has 6 nitrogen and oxygen atoms in total. The third kappa shape index (κ3) is 6.90. The SMILES string of the molecule is CN=C(NCc1ccccc1OC(F)F)NCC(c1ccc(OC)cc1)N(C)C. The molecule has 29 heavy (non-hydrogen) atoms. The fraction of sp³-hybridized carbons (Fsp3) is 0.381. The number of alkyl halides is 2. The van der Waals surface area contributed by atoms with Gasteiger partial charge in [0.15, 0.2) is 5.96 Å². The predicted octanol–water partition coefficient (Wildman–Crippen LogP) is 3.26. The maximum atomic E-state index is 12.6. The summed E-state index contributed by atoms with van der Waals surface area (Å²) < 4.78 is 34.9. The summed E-state index contributed by atoms with van der Waals surface area (Å²) in [5.74, 6) is 1.52. The summed E-state index contributed by atoms with van der Waals surface area (Å²) in [4.78, 5) is 6.32. The minimum absolute atomic E-state index is 0.105. The summed E-state index contributed by atoms with van der Waals surface area (Å²) >= 11 is 0. The van der Waals surface area contributed by atoms with Crippen LogP contribution >= 0.6 is 0 Å². The van der Waals surface area contributed by atoms with E-state index in [0.717, 1.165) is 11.3 Å². The van der Waals surface area contributed by atoms with E-state index < -0.39 is 6.61 Å². The van der Waals surface area contributed by atoms with Crippen molar-refractivity contribution in [2.75, 3.05) is 34.8 Å². The third-order valence-electron chi connectivity index (χ3n) is 4.45. The fourth-order valence-electron chi connectivity index (χ4n) is 2.88. The maximum absolute atomic E-state index is 12.6. The van der Waals surface area contributed by atoms with Crippen molar-refractivity contribution in [1.82, 2.24) is 15.5 Å². The van der Waals surface area contributed by atoms with Crippen LogP contribution in [0.1, 0.15) is 17.2 Å². The van der Waals surface area contributed by atoms with Crippen molar-refractivity contribution < 1.29 is 18.3 Å². The third-order valence-corrected chi connectivity index (χ3v) is 4.45. The van der Waals surface area contributed by atoms with Crippen molar-refractivity contribution in [3.05, 3.63) is 59.7 Å². The van der Waals surface area contributed by atoms with E-state index in [1.165, 1.54) is 6.07 Å². The van der Waals surface area contributed by atoms with Crippen molar-refractivity contribution in [2.24, 2.45) is 4.99 Å². The molecule has 2 rings (SSSR count). The zero-order valence-corrected chi connectivity index (χ0v) is 17.2. The van der Waals surface area contributed by atoms with Crippen LogP contribution in [0.5, 0.6) is 11.5 Å². The fourth-order valence-corrected chi connectivity index (χ4v) is 2.88. The first-order chi connectivity index (χ1) is 13.9. The van der Waals surface area contributed by atoms with Crippen LogP contribution in [-0.4, -0.2) is 52.3 Å². The molecule has 0 aromatic heterocycles. The molecule has 0 heterocycles. The van der Waals surface area contributed by atoms with Crippen LogP contribution in [0.15, 0.2) is 53.5 Å². The van der Waals surface area contributed by atoms with Gasteiger partial charge in [0.05, 0.1) is 13.2 Å². The zero-order valence-electron chi connectivity index (χ0n) is 17.2. The first-order valence-electron chi connectivity index (χ1n) is 9.22. The van der Waals surface area contributed by atoms with Crippen molar-refractivity contribution >= 4 is 5.96 Å². The number of hydrogen-bond donors (Lipinski definition) is 2. The van der Waals surface area contributed by atoms with Crippen molar-refractivity contribution in [3.63, 3.8) is 0 Å². The van der Waals surface area contributed by atoms with Gasteiger partial charge in [0.25, 0.3) is 0 Å². The van der Waals surface area contributed by atoms with E-state index in [9.17, 15) is 8.78 Å². The van der Waals surface area contributed by atoms with E-state index in [1.807, 2.05) is 38.4 Å². The smallest absolute Gasteiger partial charge is 0.387 e. The molecule has 0 fully saturated rings. The first kappa shape index (κ1) is 22.4. The molecule has 8 heteroatoms. The Morgan fingerprint density at radius 2 is 1.76 bits per heavy atom. The molecule has 0 amide bonds. The van der Waals surface area contributed by atoms with E-state index in [0.29, 0.717) is 24.6 Å². The van der Waals surface area contributed by atoms with Gasteiger partial charge in [-0.05, 0) is 37.9 Å². The number of benzene rings is 2. The quantitative estimate of drug-likeness (QED) is 0.495. The molecular weight excluding hydrogens is 378 g/mol. The summed E-state index contributed by atoms with van der Waals surface area (Å²) in [5, 5.41) is 6.42. The minimum Gasteiger partial charge on any atom is -0.497 e. The van der Waals surface area contributed by atoms with Gasteiger partial charge >= 0.3 is 6.61 Å². The van der Waals surface area contributed by atoms with Gasteiger partial charge in [-0.3, -0.25) is 4.99 Å². The second-order valence-corrected chi connectivity index (χ2v) is 6.55. The molecule has 1 atom stereocenters. The van der Waals surface area contributed by atoms with E-state index in [1.54, 1.807) is 32.4 Å². The van der Waals surface area contributed by atoms with Gasteiger partial charge in [-0.15, -0.1) is 0 Å². The largest absolute Gasteiger partial charge is 0.497 e. The number of nitrogens with one attached hydrogen (secondary N) is 2. The lowest BCUT2D eigenvalue weighted by atomic mass is 10.1. The Labute approximate surface area is 170 Å². The molecule has 0 aliphatic rings. The van der Waals surface area contributed by atoms with Gasteiger partial charge < -0.3 is 25.0 Å². The number of likely N-dealkylation sites (N-methyl/N-ethyl adjacent to an activating group) is 1. The topological polar surface area (TPSA) is 58.1 Å². The highest BCUT2D eigenvalue weighted by molar-refractivity contribution is 5.79. The number of para-hydroxylation sites is 1. The highest BCUT2D eigenvalue weighted by Crippen LogP contribution is 2.21. The van der Waals surface area contributed by atoms with Gasteiger partial charge in [-0.25, -0.2) is 0 Å². The van der Waals surface area contributed by atoms with Crippen LogP contribution in [0.3, 0.4) is 0 Å². The van der Waals surface area contributed by atoms with Gasteiger partial charge in [0.1, 0.15) is 11.5 Å². The molecule has 2 aromatic carbocycles. The Morgan fingerprint density at radius 3 is 2.34 bits per heavy atom. The van der Waals surface area contributed by atoms with Crippen LogP contribution < -0.4 is 20.1 Å². The van der Waals surface area contributed by atoms with Crippen LogP contribution in [0, 0.1) is 0 Å². The lowest BCUT2D eigenvalue weighted by molar-refractivity contribution is -0.0504. The average molecular weight is 406 g/mol. The van der Waals surface area contributed by atoms with E-state index in [4.69, 9.17) is 4.74 Å². The standard InChI is InChI=1S/C21H28F2N4O2/c1-24-21(25-13-16-7-5-6-8-19(16)29-20(22)23)26-14-18(27(2)3)15-9-11-17(28-4)12-10-15/h5-12,18,20H,13-14H2,1-4H3,(H2,24,25,26). The number of rotatable bonds is 9. The number of ether oxygens (including phenoxy) is 2. The minimum atomic E-state index is -2.86. The number of aliphatic imine (C=N–C) groups is 1. The second kappa shape index (κ2) is 11.2. The predicted molar refractivity (Wildman–Crippen MR) is 111 cm³/mol. The summed E-state index contributed by atoms with van der Waals surface area (Å²) in [6.07, 6.45) is 0. The van der Waals surface area contributed by atoms with Crippen molar-refractivity contribution in [3.8, 4) is 11.5 Å². The Morgan fingerprint density at radius 1 is 1.07 bits per heavy atom. The number of hydrogen-bond acceptors (Lipinski definition) is 4. The molecule has 0 saturated heterocycles. The van der Waals surface area contributed by atoms with E-state index >= 15 is 0 Å². The monoisotopic (exact) mass is 406 g/mol. The number of halogens is 2. The van der Waals surface area contributed by atoms with Crippen LogP contribution in [0.25, 0.3) is 0 Å². The Balaban J connectivity index is 1.98. The molecule has 2 aromatic rings. The highest BCUT2D eigenvalue weighted by atomic mass is 19.3. The molecule has 1 unspecified atom stereocenters. The van der Waals surface area contributed by atoms with E-state index in [2.05, 4.69) is 25.3 Å². The number of guanidine groups is 1. The summed E-state index contributed by atoms with van der Waals surface area (Å²) in [5.41, 5.74) is 1.75. The molecule has 158 valence electrons. The Bertz CT molecular complexity index is 783. The van der Waals surface area contributed by atoms with E-state index in [-0.39, 0.29) is 11.8 Å². The maximum Gasteiger partial charge on any atom is 0.387 e. The second-order valence-electron chi connectivity index (χ2n) is 6.55. The first-order valence-corrected chi connectivity index (χ1v) is 9.22. The summed E-state index contributed by atoms with van der Waals surface area (Å²) in [7, 11) is 7.31. The molecule has 0 aliphatic heterocycles. The summed E-state index contributed by atoms with van der Waals surface area (Å²) in [6.45, 7) is -1.95. The Hall–Kier alpha value is -2.87. The lowest BCUT2D eigenvalue weighted by Gasteiger charge is -2.26. The van der Waals surface area contributed by atoms with Crippen molar-refractivity contribution in [2.45, 2.75) is 19.2 Å². The molecule has 2 N–H and O–H groups in total. The molecule has 0 bridgehead atoms. The lowest BCUT2D eigenvalue weighted by Crippen LogP contribution is -2.41. The zero-order chi connectivity index (χ0) is 21.2. The molecular formula is C21H28F2N4O2. The molecule has 0 spiro atoms. The number of methoxy groups -OCH3 is 1. The van der Waals surface area contributed by atoms with Gasteiger partial charge in [0.2, 0.25) is 0 Å². The number of nitrogens with zero attached hydrogens (tertiary/aromatic N) is 2. The molecule has 0 radical (unpaired) electrons. The van der Waals surface area contributed by atoms with Crippen LogP contribution in [0.2, 0.25) is 0 Å². The molecule has 0 saturated carbocycles. The van der Waals surface area contributed by atoms with Crippen LogP contribution in [0.4, 0.5) is 8.78 Å². The van der Waals surface area contributed by atoms with Gasteiger partial charge in [-0.2, -0.15) is 8.78 Å². The molecule has 0 aliphatic carbocycles. The normalized spacial score (nSPS) is 12.8. The van der Waals surface area contributed by atoms with Crippen LogP contribution in [-0.2, 0) is 6.54 Å². The van der Waals surface area contributed by atoms with Crippen molar-refractivity contribution in [1.29, 1.82) is 0 Å². The average Bonchev–Trinajstić information content (AvgIpc) is 2.71. The van der Waals surface area contributed by atoms with Gasteiger partial charge in [-0.1, -0.05) is 30.3 Å². The highest BCUT2D eigenvalue weighted by Gasteiger charge is 2.15. The summed E-state index contributed by atoms with van der Waals surface area (Å²) in [6, 6.07) is 14.7.